The largest absolute Gasteiger partial charge is 0.481 e. The Morgan fingerprint density at radius 1 is 1.53 bits per heavy atom. The SMILES string of the molecule is CC(C)N(C)CCCNC1(CC(=O)O)CNC1. The fourth-order valence-electron chi connectivity index (χ4n) is 1.97. The molecule has 1 aliphatic heterocycles. The van der Waals surface area contributed by atoms with Crippen LogP contribution >= 0.6 is 0 Å². The van der Waals surface area contributed by atoms with E-state index in [4.69, 9.17) is 5.11 Å². The van der Waals surface area contributed by atoms with Crippen molar-refractivity contribution in [3.63, 3.8) is 0 Å². The summed E-state index contributed by atoms with van der Waals surface area (Å²) in [6.45, 7) is 7.80. The highest BCUT2D eigenvalue weighted by atomic mass is 16.4. The molecule has 0 bridgehead atoms. The Balaban J connectivity index is 2.18. The van der Waals surface area contributed by atoms with Gasteiger partial charge in [-0.15, -0.1) is 0 Å². The highest BCUT2D eigenvalue weighted by Gasteiger charge is 2.38. The highest BCUT2D eigenvalue weighted by Crippen LogP contribution is 2.15. The van der Waals surface area contributed by atoms with Crippen LogP contribution in [0.2, 0.25) is 0 Å². The Bertz CT molecular complexity index is 252. The molecule has 0 unspecified atom stereocenters. The van der Waals surface area contributed by atoms with Crippen molar-refractivity contribution in [2.45, 2.75) is 38.3 Å². The van der Waals surface area contributed by atoms with Crippen LogP contribution < -0.4 is 10.6 Å². The predicted octanol–water partition coefficient (Wildman–Crippen LogP) is 0.123. The molecule has 0 atom stereocenters. The number of nitrogens with one attached hydrogen (secondary N) is 2. The smallest absolute Gasteiger partial charge is 0.305 e. The lowest BCUT2D eigenvalue weighted by atomic mass is 9.88. The fourth-order valence-corrected chi connectivity index (χ4v) is 1.97. The van der Waals surface area contributed by atoms with Gasteiger partial charge in [0.2, 0.25) is 0 Å². The Hall–Kier alpha value is -0.650. The molecule has 0 aromatic heterocycles. The molecule has 0 saturated carbocycles. The Labute approximate surface area is 104 Å². The molecular formula is C12H25N3O2. The third kappa shape index (κ3) is 4.61. The summed E-state index contributed by atoms with van der Waals surface area (Å²) in [6, 6.07) is 0.563. The number of carbonyl (C=O) groups is 1. The zero-order chi connectivity index (χ0) is 12.9. The van der Waals surface area contributed by atoms with Crippen LogP contribution in [0.1, 0.15) is 26.7 Å². The molecule has 3 N–H and O–H groups in total. The molecule has 0 aromatic carbocycles. The van der Waals surface area contributed by atoms with Gasteiger partial charge in [-0.1, -0.05) is 0 Å². The average Bonchev–Trinajstić information content (AvgIpc) is 2.19. The quantitative estimate of drug-likeness (QED) is 0.529. The molecule has 0 amide bonds. The molecule has 1 rings (SSSR count). The summed E-state index contributed by atoms with van der Waals surface area (Å²) < 4.78 is 0. The predicted molar refractivity (Wildman–Crippen MR) is 68.2 cm³/mol. The Morgan fingerprint density at radius 3 is 2.59 bits per heavy atom. The second kappa shape index (κ2) is 6.33. The molecule has 0 aliphatic carbocycles. The maximum atomic E-state index is 10.8. The average molecular weight is 243 g/mol. The van der Waals surface area contributed by atoms with Crippen molar-refractivity contribution in [3.8, 4) is 0 Å². The van der Waals surface area contributed by atoms with E-state index >= 15 is 0 Å². The third-order valence-electron chi connectivity index (χ3n) is 3.49. The lowest BCUT2D eigenvalue weighted by Gasteiger charge is -2.42. The Morgan fingerprint density at radius 2 is 2.18 bits per heavy atom. The number of rotatable bonds is 8. The summed E-state index contributed by atoms with van der Waals surface area (Å²) in [5, 5.41) is 15.4. The Kier molecular flexibility index (Phi) is 5.36. The first-order valence-corrected chi connectivity index (χ1v) is 6.33. The summed E-state index contributed by atoms with van der Waals surface area (Å²) in [5.74, 6) is -0.724. The van der Waals surface area contributed by atoms with Crippen molar-refractivity contribution in [3.05, 3.63) is 0 Å². The molecule has 5 nitrogen and oxygen atoms in total. The van der Waals surface area contributed by atoms with Crippen LogP contribution in [-0.2, 0) is 4.79 Å². The van der Waals surface area contributed by atoms with Crippen molar-refractivity contribution in [1.82, 2.24) is 15.5 Å². The van der Waals surface area contributed by atoms with Gasteiger partial charge in [0.1, 0.15) is 0 Å². The first kappa shape index (κ1) is 14.4. The van der Waals surface area contributed by atoms with Gasteiger partial charge in [-0.25, -0.2) is 0 Å². The summed E-state index contributed by atoms with van der Waals surface area (Å²) >= 11 is 0. The summed E-state index contributed by atoms with van der Waals surface area (Å²) in [7, 11) is 2.11. The maximum Gasteiger partial charge on any atom is 0.305 e. The van der Waals surface area contributed by atoms with Crippen LogP contribution in [0.3, 0.4) is 0 Å². The zero-order valence-electron chi connectivity index (χ0n) is 11.1. The van der Waals surface area contributed by atoms with Crippen molar-refractivity contribution < 1.29 is 9.90 Å². The van der Waals surface area contributed by atoms with Gasteiger partial charge in [0.25, 0.3) is 0 Å². The first-order chi connectivity index (χ1) is 7.95. The highest BCUT2D eigenvalue weighted by molar-refractivity contribution is 5.68. The van der Waals surface area contributed by atoms with Crippen LogP contribution in [-0.4, -0.2) is 60.8 Å². The molecule has 0 radical (unpaired) electrons. The number of carboxylic acids is 1. The van der Waals surface area contributed by atoms with Crippen LogP contribution in [0.15, 0.2) is 0 Å². The number of hydrogen-bond acceptors (Lipinski definition) is 4. The van der Waals surface area contributed by atoms with Crippen molar-refractivity contribution in [2.24, 2.45) is 0 Å². The van der Waals surface area contributed by atoms with Gasteiger partial charge in [0.05, 0.1) is 12.0 Å². The molecule has 0 aromatic rings. The molecule has 1 saturated heterocycles. The van der Waals surface area contributed by atoms with Crippen LogP contribution in [0.5, 0.6) is 0 Å². The van der Waals surface area contributed by atoms with E-state index in [9.17, 15) is 4.79 Å². The van der Waals surface area contributed by atoms with E-state index < -0.39 is 5.97 Å². The van der Waals surface area contributed by atoms with E-state index in [-0.39, 0.29) is 12.0 Å². The number of aliphatic carboxylic acids is 1. The van der Waals surface area contributed by atoms with Crippen LogP contribution in [0, 0.1) is 0 Å². The summed E-state index contributed by atoms with van der Waals surface area (Å²) in [4.78, 5) is 13.1. The molecule has 5 heteroatoms. The normalized spacial score (nSPS) is 18.4. The van der Waals surface area contributed by atoms with Gasteiger partial charge in [0, 0.05) is 19.1 Å². The number of carboxylic acid groups (broad SMARTS) is 1. The van der Waals surface area contributed by atoms with Gasteiger partial charge >= 0.3 is 5.97 Å². The maximum absolute atomic E-state index is 10.8. The van der Waals surface area contributed by atoms with Crippen molar-refractivity contribution in [1.29, 1.82) is 0 Å². The number of nitrogens with zero attached hydrogens (tertiary/aromatic N) is 1. The minimum atomic E-state index is -0.724. The lowest BCUT2D eigenvalue weighted by Crippen LogP contribution is -2.68. The summed E-state index contributed by atoms with van der Waals surface area (Å²) in [5.41, 5.74) is -0.206. The van der Waals surface area contributed by atoms with E-state index in [0.717, 1.165) is 32.6 Å². The molecule has 1 aliphatic rings. The second-order valence-electron chi connectivity index (χ2n) is 5.31. The standard InChI is InChI=1S/C12H25N3O2/c1-10(2)15(3)6-4-5-14-12(7-11(16)17)8-13-9-12/h10,13-14H,4-9H2,1-3H3,(H,16,17). The molecule has 0 spiro atoms. The number of hydrogen-bond donors (Lipinski definition) is 3. The summed E-state index contributed by atoms with van der Waals surface area (Å²) in [6.07, 6.45) is 1.26. The zero-order valence-corrected chi connectivity index (χ0v) is 11.1. The molecule has 17 heavy (non-hydrogen) atoms. The van der Waals surface area contributed by atoms with Gasteiger partial charge in [0.15, 0.2) is 0 Å². The van der Waals surface area contributed by atoms with E-state index in [1.165, 1.54) is 0 Å². The third-order valence-corrected chi connectivity index (χ3v) is 3.49. The molecule has 1 fully saturated rings. The van der Waals surface area contributed by atoms with E-state index in [2.05, 4.69) is 36.4 Å². The lowest BCUT2D eigenvalue weighted by molar-refractivity contribution is -0.139. The minimum Gasteiger partial charge on any atom is -0.481 e. The van der Waals surface area contributed by atoms with Crippen LogP contribution in [0.4, 0.5) is 0 Å². The van der Waals surface area contributed by atoms with E-state index in [1.807, 2.05) is 0 Å². The fraction of sp³-hybridized carbons (Fsp3) is 0.917. The van der Waals surface area contributed by atoms with E-state index in [0.29, 0.717) is 6.04 Å². The van der Waals surface area contributed by atoms with Gasteiger partial charge < -0.3 is 20.6 Å². The second-order valence-corrected chi connectivity index (χ2v) is 5.31. The van der Waals surface area contributed by atoms with Crippen molar-refractivity contribution in [2.75, 3.05) is 33.2 Å². The molecular weight excluding hydrogens is 218 g/mol. The molecule has 100 valence electrons. The van der Waals surface area contributed by atoms with Crippen LogP contribution in [0.25, 0.3) is 0 Å². The topological polar surface area (TPSA) is 64.6 Å². The molecule has 1 heterocycles. The van der Waals surface area contributed by atoms with E-state index in [1.54, 1.807) is 0 Å². The van der Waals surface area contributed by atoms with Crippen molar-refractivity contribution >= 4 is 5.97 Å². The monoisotopic (exact) mass is 243 g/mol. The van der Waals surface area contributed by atoms with Gasteiger partial charge in [-0.05, 0) is 40.4 Å². The van der Waals surface area contributed by atoms with Gasteiger partial charge in [-0.3, -0.25) is 4.79 Å². The van der Waals surface area contributed by atoms with Gasteiger partial charge in [-0.2, -0.15) is 0 Å². The minimum absolute atomic E-state index is 0.206. The first-order valence-electron chi connectivity index (χ1n) is 6.33.